The van der Waals surface area contributed by atoms with E-state index in [0.717, 1.165) is 25.0 Å². The van der Waals surface area contributed by atoms with Gasteiger partial charge in [-0.05, 0) is 56.5 Å². The molecule has 1 aromatic heterocycles. The monoisotopic (exact) mass is 397 g/mol. The Morgan fingerprint density at radius 3 is 2.59 bits per heavy atom. The maximum Gasteiger partial charge on any atom is 0.254 e. The van der Waals surface area contributed by atoms with Gasteiger partial charge in [0.1, 0.15) is 12.3 Å². The number of hydrogen-bond donors (Lipinski definition) is 0. The summed E-state index contributed by atoms with van der Waals surface area (Å²) in [6.45, 7) is 4.69. The second-order valence-electron chi connectivity index (χ2n) is 7.79. The number of ether oxygens (including phenoxy) is 1. The Kier molecular flexibility index (Phi) is 6.62. The van der Waals surface area contributed by atoms with E-state index in [4.69, 9.17) is 4.74 Å². The Morgan fingerprint density at radius 1 is 1.24 bits per heavy atom. The van der Waals surface area contributed by atoms with Crippen molar-refractivity contribution in [3.8, 4) is 5.75 Å². The quantitative estimate of drug-likeness (QED) is 0.651. The largest absolute Gasteiger partial charge is 0.497 e. The summed E-state index contributed by atoms with van der Waals surface area (Å²) in [5, 5.41) is 0. The average molecular weight is 398 g/mol. The molecule has 1 aliphatic carbocycles. The number of rotatable bonds is 9. The number of aromatic nitrogens is 1. The molecule has 0 N–H and O–H groups in total. The molecule has 6 heteroatoms. The molecule has 2 aromatic rings. The standard InChI is InChI=1S/C23H31N3O3/c1-5-17(2)25(23(28)18-8-6-10-21(14-18)29-4)16-22(27)26(19-11-12-19)15-20-9-7-13-24(20)3/h6-10,13-14,17,19H,5,11-12,15-16H2,1-4H3/t17-/m1/s1. The van der Waals surface area contributed by atoms with Crippen LogP contribution >= 0.6 is 0 Å². The molecule has 1 aromatic carbocycles. The van der Waals surface area contributed by atoms with E-state index in [1.807, 2.05) is 54.8 Å². The van der Waals surface area contributed by atoms with E-state index in [9.17, 15) is 9.59 Å². The molecule has 1 saturated carbocycles. The SMILES string of the molecule is CC[C@@H](C)N(CC(=O)N(Cc1cccn1C)C1CC1)C(=O)c1cccc(OC)c1. The Morgan fingerprint density at radius 2 is 2.00 bits per heavy atom. The molecule has 0 radical (unpaired) electrons. The Balaban J connectivity index is 1.78. The summed E-state index contributed by atoms with van der Waals surface area (Å²) in [4.78, 5) is 30.1. The minimum Gasteiger partial charge on any atom is -0.497 e. The van der Waals surface area contributed by atoms with Gasteiger partial charge in [-0.3, -0.25) is 9.59 Å². The van der Waals surface area contributed by atoms with Crippen LogP contribution in [0.4, 0.5) is 0 Å². The average Bonchev–Trinajstić information content (AvgIpc) is 3.50. The van der Waals surface area contributed by atoms with E-state index < -0.39 is 0 Å². The van der Waals surface area contributed by atoms with Crippen molar-refractivity contribution in [3.63, 3.8) is 0 Å². The van der Waals surface area contributed by atoms with E-state index in [1.54, 1.807) is 30.2 Å². The van der Waals surface area contributed by atoms with Crippen molar-refractivity contribution in [1.82, 2.24) is 14.4 Å². The molecule has 29 heavy (non-hydrogen) atoms. The zero-order valence-electron chi connectivity index (χ0n) is 17.8. The van der Waals surface area contributed by atoms with E-state index in [2.05, 4.69) is 0 Å². The molecule has 3 rings (SSSR count). The number of amides is 2. The van der Waals surface area contributed by atoms with Crippen LogP contribution in [0.25, 0.3) is 0 Å². The van der Waals surface area contributed by atoms with Crippen LogP contribution < -0.4 is 4.74 Å². The van der Waals surface area contributed by atoms with E-state index in [1.165, 1.54) is 0 Å². The lowest BCUT2D eigenvalue weighted by Crippen LogP contribution is -2.47. The Hall–Kier alpha value is -2.76. The van der Waals surface area contributed by atoms with Crippen LogP contribution in [0.5, 0.6) is 5.75 Å². The van der Waals surface area contributed by atoms with Crippen LogP contribution in [-0.4, -0.2) is 51.9 Å². The first kappa shape index (κ1) is 21.0. The lowest BCUT2D eigenvalue weighted by atomic mass is 10.1. The second kappa shape index (κ2) is 9.16. The van der Waals surface area contributed by atoms with Crippen LogP contribution in [0.15, 0.2) is 42.6 Å². The summed E-state index contributed by atoms with van der Waals surface area (Å²) in [7, 11) is 3.57. The van der Waals surface area contributed by atoms with Gasteiger partial charge in [0.05, 0.1) is 13.7 Å². The molecule has 6 nitrogen and oxygen atoms in total. The van der Waals surface area contributed by atoms with Crippen LogP contribution in [0, 0.1) is 0 Å². The predicted octanol–water partition coefficient (Wildman–Crippen LogP) is 3.47. The highest BCUT2D eigenvalue weighted by atomic mass is 16.5. The highest BCUT2D eigenvalue weighted by Crippen LogP contribution is 2.29. The normalized spacial score (nSPS) is 14.3. The molecule has 0 bridgehead atoms. The third-order valence-corrected chi connectivity index (χ3v) is 5.70. The highest BCUT2D eigenvalue weighted by Gasteiger charge is 2.35. The molecule has 1 fully saturated rings. The van der Waals surface area contributed by atoms with Gasteiger partial charge in [0, 0.05) is 36.6 Å². The van der Waals surface area contributed by atoms with Gasteiger partial charge in [-0.2, -0.15) is 0 Å². The van der Waals surface area contributed by atoms with Crippen LogP contribution in [-0.2, 0) is 18.4 Å². The number of aryl methyl sites for hydroxylation is 1. The summed E-state index contributed by atoms with van der Waals surface area (Å²) in [5.74, 6) is 0.501. The first-order valence-electron chi connectivity index (χ1n) is 10.3. The number of nitrogens with zero attached hydrogens (tertiary/aromatic N) is 3. The molecule has 2 amide bonds. The molecule has 156 valence electrons. The van der Waals surface area contributed by atoms with Crippen molar-refractivity contribution in [1.29, 1.82) is 0 Å². The first-order valence-corrected chi connectivity index (χ1v) is 10.3. The molecule has 0 unspecified atom stereocenters. The van der Waals surface area contributed by atoms with Crippen molar-refractivity contribution >= 4 is 11.8 Å². The number of carbonyl (C=O) groups is 2. The zero-order chi connectivity index (χ0) is 21.0. The topological polar surface area (TPSA) is 54.8 Å². The van der Waals surface area contributed by atoms with Gasteiger partial charge in [-0.15, -0.1) is 0 Å². The minimum atomic E-state index is -0.138. The number of methoxy groups -OCH3 is 1. The third kappa shape index (κ3) is 5.00. The van der Waals surface area contributed by atoms with Gasteiger partial charge in [-0.25, -0.2) is 0 Å². The Labute approximate surface area is 173 Å². The molecule has 1 heterocycles. The first-order chi connectivity index (χ1) is 13.9. The minimum absolute atomic E-state index is 0.00486. The van der Waals surface area contributed by atoms with Crippen molar-refractivity contribution in [2.24, 2.45) is 7.05 Å². The maximum absolute atomic E-state index is 13.2. The Bertz CT molecular complexity index is 857. The fraction of sp³-hybridized carbons (Fsp3) is 0.478. The van der Waals surface area contributed by atoms with Crippen LogP contribution in [0.2, 0.25) is 0 Å². The van der Waals surface area contributed by atoms with Crippen molar-refractivity contribution in [2.75, 3.05) is 13.7 Å². The van der Waals surface area contributed by atoms with Gasteiger partial charge in [-0.1, -0.05) is 13.0 Å². The molecule has 0 spiro atoms. The van der Waals surface area contributed by atoms with Crippen LogP contribution in [0.3, 0.4) is 0 Å². The molecule has 1 atom stereocenters. The maximum atomic E-state index is 13.2. The molecule has 0 saturated heterocycles. The molecular formula is C23H31N3O3. The highest BCUT2D eigenvalue weighted by molar-refractivity contribution is 5.97. The fourth-order valence-electron chi connectivity index (χ4n) is 3.45. The number of benzene rings is 1. The smallest absolute Gasteiger partial charge is 0.254 e. The fourth-order valence-corrected chi connectivity index (χ4v) is 3.45. The molecule has 1 aliphatic rings. The van der Waals surface area contributed by atoms with Gasteiger partial charge in [0.25, 0.3) is 5.91 Å². The van der Waals surface area contributed by atoms with E-state index in [0.29, 0.717) is 17.9 Å². The van der Waals surface area contributed by atoms with E-state index in [-0.39, 0.29) is 30.4 Å². The lowest BCUT2D eigenvalue weighted by Gasteiger charge is -2.31. The third-order valence-electron chi connectivity index (χ3n) is 5.70. The van der Waals surface area contributed by atoms with Crippen LogP contribution in [0.1, 0.15) is 49.2 Å². The summed E-state index contributed by atoms with van der Waals surface area (Å²) in [6.07, 6.45) is 4.83. The number of hydrogen-bond acceptors (Lipinski definition) is 3. The summed E-state index contributed by atoms with van der Waals surface area (Å²) >= 11 is 0. The van der Waals surface area contributed by atoms with Gasteiger partial charge >= 0.3 is 0 Å². The molecule has 0 aliphatic heterocycles. The van der Waals surface area contributed by atoms with Gasteiger partial charge < -0.3 is 19.1 Å². The summed E-state index contributed by atoms with van der Waals surface area (Å²) < 4.78 is 7.29. The second-order valence-corrected chi connectivity index (χ2v) is 7.79. The van der Waals surface area contributed by atoms with Crippen molar-refractivity contribution in [3.05, 3.63) is 53.9 Å². The van der Waals surface area contributed by atoms with Gasteiger partial charge in [0.2, 0.25) is 5.91 Å². The van der Waals surface area contributed by atoms with E-state index >= 15 is 0 Å². The van der Waals surface area contributed by atoms with Crippen molar-refractivity contribution in [2.45, 2.75) is 51.7 Å². The summed E-state index contributed by atoms with van der Waals surface area (Å²) in [6, 6.07) is 11.4. The lowest BCUT2D eigenvalue weighted by molar-refractivity contribution is -0.133. The number of carbonyl (C=O) groups excluding carboxylic acids is 2. The van der Waals surface area contributed by atoms with Crippen molar-refractivity contribution < 1.29 is 14.3 Å². The van der Waals surface area contributed by atoms with Gasteiger partial charge in [0.15, 0.2) is 0 Å². The predicted molar refractivity (Wildman–Crippen MR) is 113 cm³/mol. The summed E-state index contributed by atoms with van der Waals surface area (Å²) in [5.41, 5.74) is 1.64. The zero-order valence-corrected chi connectivity index (χ0v) is 17.8. The molecular weight excluding hydrogens is 366 g/mol.